The molecule has 1 fully saturated rings. The molecular formula is C31H34N2O4. The molecule has 1 heterocycles. The van der Waals surface area contributed by atoms with Gasteiger partial charge < -0.3 is 19.5 Å². The van der Waals surface area contributed by atoms with Gasteiger partial charge in [0.15, 0.2) is 6.61 Å². The van der Waals surface area contributed by atoms with Gasteiger partial charge in [0.05, 0.1) is 17.7 Å². The minimum Gasteiger partial charge on any atom is -0.507 e. The maximum absolute atomic E-state index is 12.9. The molecule has 0 aliphatic carbocycles. The number of hydrogen-bond donors (Lipinski definition) is 1. The molecule has 1 N–H and O–H groups in total. The largest absolute Gasteiger partial charge is 0.507 e. The summed E-state index contributed by atoms with van der Waals surface area (Å²) in [7, 11) is 0. The third kappa shape index (κ3) is 7.04. The first-order valence-corrected chi connectivity index (χ1v) is 12.9. The van der Waals surface area contributed by atoms with E-state index in [2.05, 4.69) is 18.2 Å². The molecular weight excluding hydrogens is 464 g/mol. The van der Waals surface area contributed by atoms with Gasteiger partial charge in [0.2, 0.25) is 0 Å². The fourth-order valence-electron chi connectivity index (χ4n) is 4.76. The van der Waals surface area contributed by atoms with Crippen molar-refractivity contribution in [2.24, 2.45) is 5.92 Å². The first kappa shape index (κ1) is 26.1. The fraction of sp³-hybridized carbons (Fsp3) is 0.355. The van der Waals surface area contributed by atoms with Crippen molar-refractivity contribution < 1.29 is 19.4 Å². The van der Waals surface area contributed by atoms with Gasteiger partial charge in [0.1, 0.15) is 17.2 Å². The predicted molar refractivity (Wildman–Crippen MR) is 144 cm³/mol. The van der Waals surface area contributed by atoms with Crippen LogP contribution in [0.15, 0.2) is 66.7 Å². The number of carbonyl (C=O) groups excluding carboxylic acids is 1. The highest BCUT2D eigenvalue weighted by Crippen LogP contribution is 2.36. The van der Waals surface area contributed by atoms with E-state index in [1.165, 1.54) is 5.56 Å². The molecule has 0 radical (unpaired) electrons. The van der Waals surface area contributed by atoms with E-state index in [1.54, 1.807) is 36.4 Å². The average Bonchev–Trinajstić information content (AvgIpc) is 2.91. The molecule has 6 heteroatoms. The van der Waals surface area contributed by atoms with Gasteiger partial charge in [0, 0.05) is 24.2 Å². The van der Waals surface area contributed by atoms with Crippen LogP contribution in [-0.2, 0) is 11.2 Å². The lowest BCUT2D eigenvalue weighted by Crippen LogP contribution is -2.41. The third-order valence-corrected chi connectivity index (χ3v) is 6.73. The minimum atomic E-state index is -0.0835. The lowest BCUT2D eigenvalue weighted by molar-refractivity contribution is -0.134. The highest BCUT2D eigenvalue weighted by molar-refractivity contribution is 5.80. The molecule has 0 bridgehead atoms. The first-order chi connectivity index (χ1) is 17.9. The van der Waals surface area contributed by atoms with Crippen LogP contribution in [0.4, 0.5) is 0 Å². The summed E-state index contributed by atoms with van der Waals surface area (Å²) in [5, 5.41) is 19.6. The second kappa shape index (κ2) is 12.3. The summed E-state index contributed by atoms with van der Waals surface area (Å²) in [6.07, 6.45) is 4.22. The maximum atomic E-state index is 12.9. The van der Waals surface area contributed by atoms with E-state index in [9.17, 15) is 15.2 Å². The number of ether oxygens (including phenoxy) is 2. The Kier molecular flexibility index (Phi) is 8.68. The summed E-state index contributed by atoms with van der Waals surface area (Å²) in [5.74, 6) is 2.01. The van der Waals surface area contributed by atoms with Gasteiger partial charge in [-0.05, 0) is 87.4 Å². The van der Waals surface area contributed by atoms with Gasteiger partial charge in [-0.15, -0.1) is 0 Å². The number of amides is 1. The number of benzene rings is 3. The number of hydrogen-bond acceptors (Lipinski definition) is 5. The first-order valence-electron chi connectivity index (χ1n) is 12.9. The number of nitriles is 1. The highest BCUT2D eigenvalue weighted by Gasteiger charge is 2.23. The molecule has 0 aromatic heterocycles. The summed E-state index contributed by atoms with van der Waals surface area (Å²) >= 11 is 0. The van der Waals surface area contributed by atoms with Crippen LogP contribution in [0.1, 0.15) is 44.2 Å². The zero-order valence-electron chi connectivity index (χ0n) is 21.5. The number of carbonyl (C=O) groups is 1. The molecule has 3 aromatic rings. The summed E-state index contributed by atoms with van der Waals surface area (Å²) in [5.41, 5.74) is 2.89. The summed E-state index contributed by atoms with van der Waals surface area (Å²) in [4.78, 5) is 14.8. The summed E-state index contributed by atoms with van der Waals surface area (Å²) in [6.45, 7) is 5.43. The number of para-hydroxylation sites is 1. The molecule has 0 saturated carbocycles. The standard InChI is InChI=1S/C31H34N2O4/c1-22(2)37-26-7-5-6-24(18-26)11-10-23-14-16-33(17-15-23)31(35)21-36-30-13-12-25(20-32)19-28(30)27-8-3-4-9-29(27)34/h3-9,12-13,18-19,22-23,34H,10-11,14-17,21H2,1-2H3. The number of aryl methyl sites for hydroxylation is 1. The molecule has 0 atom stereocenters. The van der Waals surface area contributed by atoms with E-state index >= 15 is 0 Å². The normalized spacial score (nSPS) is 13.8. The number of aromatic hydroxyl groups is 1. The van der Waals surface area contributed by atoms with Crippen LogP contribution in [0.3, 0.4) is 0 Å². The van der Waals surface area contributed by atoms with Gasteiger partial charge in [-0.1, -0.05) is 30.3 Å². The van der Waals surface area contributed by atoms with Gasteiger partial charge >= 0.3 is 0 Å². The Bertz CT molecular complexity index is 1260. The summed E-state index contributed by atoms with van der Waals surface area (Å²) < 4.78 is 11.7. The van der Waals surface area contributed by atoms with Crippen molar-refractivity contribution in [1.29, 1.82) is 5.26 Å². The number of phenolic OH excluding ortho intramolecular Hbond substituents is 1. The Balaban J connectivity index is 1.29. The topological polar surface area (TPSA) is 82.8 Å². The molecule has 37 heavy (non-hydrogen) atoms. The Morgan fingerprint density at radius 1 is 1.05 bits per heavy atom. The zero-order valence-corrected chi connectivity index (χ0v) is 21.5. The minimum absolute atomic E-state index is 0.0513. The fourth-order valence-corrected chi connectivity index (χ4v) is 4.76. The summed E-state index contributed by atoms with van der Waals surface area (Å²) in [6, 6.07) is 22.3. The molecule has 1 aliphatic rings. The van der Waals surface area contributed by atoms with E-state index in [-0.39, 0.29) is 24.4 Å². The Labute approximate surface area is 219 Å². The molecule has 1 amide bonds. The van der Waals surface area contributed by atoms with Crippen LogP contribution in [0.25, 0.3) is 11.1 Å². The lowest BCUT2D eigenvalue weighted by Gasteiger charge is -2.32. The molecule has 6 nitrogen and oxygen atoms in total. The second-order valence-electron chi connectivity index (χ2n) is 9.81. The number of likely N-dealkylation sites (tertiary alicyclic amines) is 1. The van der Waals surface area contributed by atoms with Crippen molar-refractivity contribution in [3.8, 4) is 34.4 Å². The van der Waals surface area contributed by atoms with Gasteiger partial charge in [-0.3, -0.25) is 4.79 Å². The Hall–Kier alpha value is -3.98. The van der Waals surface area contributed by atoms with Crippen LogP contribution in [0.2, 0.25) is 0 Å². The van der Waals surface area contributed by atoms with E-state index in [0.717, 1.165) is 44.5 Å². The van der Waals surface area contributed by atoms with Crippen LogP contribution in [-0.4, -0.2) is 41.7 Å². The molecule has 1 aliphatic heterocycles. The van der Waals surface area contributed by atoms with Crippen molar-refractivity contribution in [3.05, 3.63) is 77.9 Å². The Morgan fingerprint density at radius 3 is 2.57 bits per heavy atom. The average molecular weight is 499 g/mol. The second-order valence-corrected chi connectivity index (χ2v) is 9.81. The SMILES string of the molecule is CC(C)Oc1cccc(CCC2CCN(C(=O)COc3ccc(C#N)cc3-c3ccccc3O)CC2)c1. The van der Waals surface area contributed by atoms with Gasteiger partial charge in [0.25, 0.3) is 5.91 Å². The quantitative estimate of drug-likeness (QED) is 0.393. The number of rotatable bonds is 9. The van der Waals surface area contributed by atoms with Crippen molar-refractivity contribution in [3.63, 3.8) is 0 Å². The van der Waals surface area contributed by atoms with Crippen molar-refractivity contribution in [2.75, 3.05) is 19.7 Å². The lowest BCUT2D eigenvalue weighted by atomic mass is 9.90. The molecule has 1 saturated heterocycles. The monoisotopic (exact) mass is 498 g/mol. The maximum Gasteiger partial charge on any atom is 0.260 e. The number of phenols is 1. The van der Waals surface area contributed by atoms with E-state index in [0.29, 0.717) is 28.4 Å². The van der Waals surface area contributed by atoms with Crippen LogP contribution in [0.5, 0.6) is 17.2 Å². The van der Waals surface area contributed by atoms with Crippen molar-refractivity contribution >= 4 is 5.91 Å². The molecule has 4 rings (SSSR count). The van der Waals surface area contributed by atoms with Gasteiger partial charge in [-0.2, -0.15) is 5.26 Å². The Morgan fingerprint density at radius 2 is 1.84 bits per heavy atom. The third-order valence-electron chi connectivity index (χ3n) is 6.73. The predicted octanol–water partition coefficient (Wildman–Crippen LogP) is 5.97. The van der Waals surface area contributed by atoms with Crippen molar-refractivity contribution in [2.45, 2.75) is 45.6 Å². The van der Waals surface area contributed by atoms with Crippen molar-refractivity contribution in [1.82, 2.24) is 4.90 Å². The molecule has 0 spiro atoms. The molecule has 0 unspecified atom stereocenters. The number of piperidine rings is 1. The highest BCUT2D eigenvalue weighted by atomic mass is 16.5. The van der Waals surface area contributed by atoms with Crippen LogP contribution in [0, 0.1) is 17.2 Å². The van der Waals surface area contributed by atoms with E-state index in [4.69, 9.17) is 9.47 Å². The molecule has 3 aromatic carbocycles. The smallest absolute Gasteiger partial charge is 0.260 e. The van der Waals surface area contributed by atoms with Crippen LogP contribution < -0.4 is 9.47 Å². The van der Waals surface area contributed by atoms with Crippen LogP contribution >= 0.6 is 0 Å². The van der Waals surface area contributed by atoms with Gasteiger partial charge in [-0.25, -0.2) is 0 Å². The van der Waals surface area contributed by atoms with E-state index in [1.807, 2.05) is 36.9 Å². The number of nitrogens with zero attached hydrogens (tertiary/aromatic N) is 2. The van der Waals surface area contributed by atoms with E-state index < -0.39 is 0 Å². The molecule has 192 valence electrons. The zero-order chi connectivity index (χ0) is 26.2.